The first-order valence-corrected chi connectivity index (χ1v) is 8.19. The van der Waals surface area contributed by atoms with Crippen LogP contribution in [0.3, 0.4) is 0 Å². The minimum atomic E-state index is -0.0826. The van der Waals surface area contributed by atoms with Gasteiger partial charge in [-0.15, -0.1) is 0 Å². The molecule has 1 aromatic heterocycles. The van der Waals surface area contributed by atoms with Gasteiger partial charge in [-0.1, -0.05) is 18.0 Å². The van der Waals surface area contributed by atoms with Crippen LogP contribution in [0.1, 0.15) is 25.7 Å². The summed E-state index contributed by atoms with van der Waals surface area (Å²) in [6.45, 7) is 3.72. The molecule has 116 valence electrons. The lowest BCUT2D eigenvalue weighted by Gasteiger charge is -2.25. The van der Waals surface area contributed by atoms with Crippen molar-refractivity contribution in [3.8, 4) is 0 Å². The Labute approximate surface area is 130 Å². The molecule has 6 heteroatoms. The summed E-state index contributed by atoms with van der Waals surface area (Å²) in [7, 11) is 2.13. The van der Waals surface area contributed by atoms with E-state index in [1.54, 1.807) is 10.9 Å². The van der Waals surface area contributed by atoms with E-state index < -0.39 is 0 Å². The van der Waals surface area contributed by atoms with E-state index in [4.69, 9.17) is 11.6 Å². The fourth-order valence-electron chi connectivity index (χ4n) is 3.12. The van der Waals surface area contributed by atoms with Gasteiger partial charge in [-0.25, -0.2) is 4.68 Å². The summed E-state index contributed by atoms with van der Waals surface area (Å²) in [5.41, 5.74) is 0.432. The van der Waals surface area contributed by atoms with Crippen molar-refractivity contribution in [2.24, 2.45) is 11.8 Å². The third-order valence-corrected chi connectivity index (χ3v) is 5.00. The molecule has 3 rings (SSSR count). The number of likely N-dealkylation sites (tertiary alicyclic amines) is 1. The highest BCUT2D eigenvalue weighted by molar-refractivity contribution is 6.32. The second kappa shape index (κ2) is 6.36. The van der Waals surface area contributed by atoms with Crippen LogP contribution in [0.5, 0.6) is 0 Å². The highest BCUT2D eigenvalue weighted by Gasteiger charge is 2.22. The molecule has 0 spiro atoms. The monoisotopic (exact) mass is 310 g/mol. The molecule has 1 unspecified atom stereocenters. The Hall–Kier alpha value is -1.07. The van der Waals surface area contributed by atoms with Crippen LogP contribution >= 0.6 is 11.6 Å². The molecule has 2 heterocycles. The molecular formula is C15H23ClN4O. The summed E-state index contributed by atoms with van der Waals surface area (Å²) >= 11 is 6.15. The van der Waals surface area contributed by atoms with Gasteiger partial charge in [0, 0.05) is 19.6 Å². The van der Waals surface area contributed by atoms with Gasteiger partial charge in [0.1, 0.15) is 5.69 Å². The number of nitrogens with one attached hydrogen (secondary N) is 1. The molecule has 21 heavy (non-hydrogen) atoms. The minimum absolute atomic E-state index is 0.0826. The van der Waals surface area contributed by atoms with E-state index in [1.807, 2.05) is 0 Å². The molecule has 1 aromatic rings. The van der Waals surface area contributed by atoms with Crippen LogP contribution in [-0.4, -0.2) is 41.4 Å². The molecular weight excluding hydrogens is 288 g/mol. The van der Waals surface area contributed by atoms with Crippen LogP contribution in [-0.2, 0) is 6.54 Å². The summed E-state index contributed by atoms with van der Waals surface area (Å²) < 4.78 is 1.57. The van der Waals surface area contributed by atoms with E-state index in [9.17, 15) is 4.79 Å². The van der Waals surface area contributed by atoms with Gasteiger partial charge in [0.25, 0.3) is 5.56 Å². The average molecular weight is 311 g/mol. The molecule has 1 saturated heterocycles. The van der Waals surface area contributed by atoms with Crippen molar-refractivity contribution in [3.05, 3.63) is 21.6 Å². The smallest absolute Gasteiger partial charge is 0.291 e. The van der Waals surface area contributed by atoms with Crippen molar-refractivity contribution >= 4 is 17.3 Å². The van der Waals surface area contributed by atoms with Crippen molar-refractivity contribution in [3.63, 3.8) is 0 Å². The Morgan fingerprint density at radius 1 is 1.38 bits per heavy atom. The van der Waals surface area contributed by atoms with Crippen LogP contribution in [0, 0.1) is 11.8 Å². The Balaban J connectivity index is 1.68. The highest BCUT2D eigenvalue weighted by Crippen LogP contribution is 2.27. The van der Waals surface area contributed by atoms with Gasteiger partial charge in [-0.3, -0.25) is 4.79 Å². The van der Waals surface area contributed by atoms with Gasteiger partial charge in [-0.2, -0.15) is 5.10 Å². The lowest BCUT2D eigenvalue weighted by molar-refractivity contribution is 0.262. The van der Waals surface area contributed by atoms with Crippen molar-refractivity contribution in [1.29, 1.82) is 0 Å². The molecule has 1 aliphatic carbocycles. The van der Waals surface area contributed by atoms with E-state index in [0.717, 1.165) is 26.2 Å². The van der Waals surface area contributed by atoms with Crippen LogP contribution < -0.4 is 10.9 Å². The second-order valence-corrected chi connectivity index (χ2v) is 6.86. The number of aromatic nitrogens is 2. The molecule has 0 aromatic carbocycles. The minimum Gasteiger partial charge on any atom is -0.379 e. The van der Waals surface area contributed by atoms with E-state index >= 15 is 0 Å². The summed E-state index contributed by atoms with van der Waals surface area (Å²) in [4.78, 5) is 14.8. The van der Waals surface area contributed by atoms with Crippen molar-refractivity contribution in [2.75, 3.05) is 32.0 Å². The van der Waals surface area contributed by atoms with Gasteiger partial charge >= 0.3 is 0 Å². The first-order chi connectivity index (χ1) is 10.1. The fourth-order valence-corrected chi connectivity index (χ4v) is 3.31. The Morgan fingerprint density at radius 2 is 2.19 bits per heavy atom. The van der Waals surface area contributed by atoms with Gasteiger partial charge in [-0.05, 0) is 44.7 Å². The maximum atomic E-state index is 12.5. The lowest BCUT2D eigenvalue weighted by Crippen LogP contribution is -2.31. The van der Waals surface area contributed by atoms with E-state index in [1.165, 1.54) is 25.7 Å². The summed E-state index contributed by atoms with van der Waals surface area (Å²) in [5, 5.41) is 7.86. The first-order valence-electron chi connectivity index (χ1n) is 7.81. The lowest BCUT2D eigenvalue weighted by atomic mass is 9.85. The quantitative estimate of drug-likeness (QED) is 0.904. The van der Waals surface area contributed by atoms with E-state index in [2.05, 4.69) is 22.4 Å². The van der Waals surface area contributed by atoms with Crippen LogP contribution in [0.25, 0.3) is 0 Å². The van der Waals surface area contributed by atoms with E-state index in [0.29, 0.717) is 22.5 Å². The molecule has 0 radical (unpaired) electrons. The predicted molar refractivity (Wildman–Crippen MR) is 84.9 cm³/mol. The summed E-state index contributed by atoms with van der Waals surface area (Å²) in [6, 6.07) is 0. The maximum absolute atomic E-state index is 12.5. The number of hydrogen-bond acceptors (Lipinski definition) is 4. The molecule has 1 saturated carbocycles. The first kappa shape index (κ1) is 14.9. The number of halogens is 1. The standard InChI is InChI=1S/C15H23ClN4O/c1-19-6-5-12(9-19)7-17-14-13(16)8-18-20(15(14)21)10-11-3-2-4-11/h8,11-12,17H,2-7,9-10H2,1H3. The fraction of sp³-hybridized carbons (Fsp3) is 0.733. The molecule has 2 fully saturated rings. The Bertz CT molecular complexity index is 555. The summed E-state index contributed by atoms with van der Waals surface area (Å²) in [5.74, 6) is 1.19. The zero-order valence-electron chi connectivity index (χ0n) is 12.5. The predicted octanol–water partition coefficient (Wildman–Crippen LogP) is 2.06. The third kappa shape index (κ3) is 3.40. The van der Waals surface area contributed by atoms with Gasteiger partial charge < -0.3 is 10.2 Å². The van der Waals surface area contributed by atoms with Gasteiger partial charge in [0.05, 0.1) is 11.2 Å². The van der Waals surface area contributed by atoms with Crippen LogP contribution in [0.15, 0.2) is 11.0 Å². The topological polar surface area (TPSA) is 50.2 Å². The average Bonchev–Trinajstić information content (AvgIpc) is 2.81. The zero-order chi connectivity index (χ0) is 14.8. The molecule has 1 aliphatic heterocycles. The molecule has 0 bridgehead atoms. The van der Waals surface area contributed by atoms with Crippen molar-refractivity contribution in [1.82, 2.24) is 14.7 Å². The Morgan fingerprint density at radius 3 is 2.81 bits per heavy atom. The molecule has 1 N–H and O–H groups in total. The SMILES string of the molecule is CN1CCC(CNc2c(Cl)cnn(CC3CCC3)c2=O)C1. The van der Waals surface area contributed by atoms with E-state index in [-0.39, 0.29) is 5.56 Å². The van der Waals surface area contributed by atoms with Gasteiger partial charge in [0.2, 0.25) is 0 Å². The van der Waals surface area contributed by atoms with Crippen LogP contribution in [0.4, 0.5) is 5.69 Å². The largest absolute Gasteiger partial charge is 0.379 e. The number of anilines is 1. The summed E-state index contributed by atoms with van der Waals surface area (Å²) in [6.07, 6.45) is 6.43. The maximum Gasteiger partial charge on any atom is 0.291 e. The van der Waals surface area contributed by atoms with Crippen molar-refractivity contribution < 1.29 is 0 Å². The molecule has 1 atom stereocenters. The van der Waals surface area contributed by atoms with Crippen LogP contribution in [0.2, 0.25) is 5.02 Å². The normalized spacial score (nSPS) is 23.2. The van der Waals surface area contributed by atoms with Gasteiger partial charge in [0.15, 0.2) is 0 Å². The number of rotatable bonds is 5. The molecule has 0 amide bonds. The molecule has 2 aliphatic rings. The zero-order valence-corrected chi connectivity index (χ0v) is 13.3. The third-order valence-electron chi connectivity index (χ3n) is 4.71. The molecule has 5 nitrogen and oxygen atoms in total. The second-order valence-electron chi connectivity index (χ2n) is 6.45. The number of nitrogens with zero attached hydrogens (tertiary/aromatic N) is 3. The number of hydrogen-bond donors (Lipinski definition) is 1. The highest BCUT2D eigenvalue weighted by atomic mass is 35.5. The Kier molecular flexibility index (Phi) is 4.50. The van der Waals surface area contributed by atoms with Crippen molar-refractivity contribution in [2.45, 2.75) is 32.2 Å².